The summed E-state index contributed by atoms with van der Waals surface area (Å²) in [4.78, 5) is 0. The standard InChI is InChI=1S/C8H10O.C2H2/c1-2-7-5-3-4-6-8(7)9;1-2/h3-6,9H,2H2,1H3;1-2H. The van der Waals surface area contributed by atoms with Crippen molar-refractivity contribution in [3.8, 4) is 18.6 Å². The summed E-state index contributed by atoms with van der Waals surface area (Å²) < 4.78 is 0. The minimum atomic E-state index is 0.403. The minimum absolute atomic E-state index is 0.403. The fraction of sp³-hybridized carbons (Fsp3) is 0.200. The Hall–Kier alpha value is -1.42. The van der Waals surface area contributed by atoms with Crippen molar-refractivity contribution >= 4 is 0 Å². The molecule has 0 aliphatic rings. The molecule has 0 radical (unpaired) electrons. The number of aromatic hydroxyl groups is 1. The number of rotatable bonds is 1. The molecule has 0 amide bonds. The van der Waals surface area contributed by atoms with Gasteiger partial charge >= 0.3 is 0 Å². The van der Waals surface area contributed by atoms with Crippen LogP contribution in [0, 0.1) is 12.8 Å². The van der Waals surface area contributed by atoms with E-state index in [0.29, 0.717) is 5.75 Å². The van der Waals surface area contributed by atoms with Crippen molar-refractivity contribution in [2.24, 2.45) is 0 Å². The van der Waals surface area contributed by atoms with Crippen molar-refractivity contribution in [2.45, 2.75) is 13.3 Å². The van der Waals surface area contributed by atoms with E-state index in [1.54, 1.807) is 6.07 Å². The molecule has 1 rings (SSSR count). The summed E-state index contributed by atoms with van der Waals surface area (Å²) in [5.41, 5.74) is 1.01. The SMILES string of the molecule is C#C.CCc1ccccc1O. The van der Waals surface area contributed by atoms with Crippen molar-refractivity contribution in [3.05, 3.63) is 29.8 Å². The average molecular weight is 148 g/mol. The quantitative estimate of drug-likeness (QED) is 0.605. The first-order valence-corrected chi connectivity index (χ1v) is 3.44. The van der Waals surface area contributed by atoms with E-state index in [1.807, 2.05) is 25.1 Å². The Balaban J connectivity index is 0.000000461. The number of hydrogen-bond acceptors (Lipinski definition) is 1. The Bertz CT molecular complexity index is 225. The lowest BCUT2D eigenvalue weighted by Crippen LogP contribution is -1.77. The summed E-state index contributed by atoms with van der Waals surface area (Å²) in [5, 5.41) is 9.11. The van der Waals surface area contributed by atoms with E-state index >= 15 is 0 Å². The maximum Gasteiger partial charge on any atom is 0.118 e. The molecule has 0 atom stereocenters. The first-order valence-electron chi connectivity index (χ1n) is 3.44. The van der Waals surface area contributed by atoms with Gasteiger partial charge in [-0.15, -0.1) is 12.8 Å². The number of terminal acetylenes is 1. The van der Waals surface area contributed by atoms with Gasteiger partial charge in [0.25, 0.3) is 0 Å². The topological polar surface area (TPSA) is 20.2 Å². The minimum Gasteiger partial charge on any atom is -0.508 e. The van der Waals surface area contributed by atoms with Gasteiger partial charge in [0, 0.05) is 0 Å². The van der Waals surface area contributed by atoms with Gasteiger partial charge in [-0.1, -0.05) is 25.1 Å². The maximum atomic E-state index is 9.11. The zero-order valence-electron chi connectivity index (χ0n) is 6.62. The van der Waals surface area contributed by atoms with Crippen LogP contribution in [0.4, 0.5) is 0 Å². The summed E-state index contributed by atoms with van der Waals surface area (Å²) in [6.07, 6.45) is 8.90. The van der Waals surface area contributed by atoms with Crippen molar-refractivity contribution < 1.29 is 5.11 Å². The van der Waals surface area contributed by atoms with Crippen molar-refractivity contribution in [3.63, 3.8) is 0 Å². The van der Waals surface area contributed by atoms with Crippen LogP contribution in [-0.2, 0) is 6.42 Å². The number of para-hydroxylation sites is 1. The summed E-state index contributed by atoms with van der Waals surface area (Å²) in [6, 6.07) is 7.39. The van der Waals surface area contributed by atoms with Gasteiger partial charge in [0.15, 0.2) is 0 Å². The number of aryl methyl sites for hydroxylation is 1. The molecule has 0 bridgehead atoms. The van der Waals surface area contributed by atoms with Crippen LogP contribution >= 0.6 is 0 Å². The maximum absolute atomic E-state index is 9.11. The molecule has 1 heteroatoms. The van der Waals surface area contributed by atoms with E-state index in [1.165, 1.54) is 0 Å². The first kappa shape index (κ1) is 9.58. The highest BCUT2D eigenvalue weighted by molar-refractivity contribution is 5.31. The Kier molecular flexibility index (Phi) is 4.68. The highest BCUT2D eigenvalue weighted by Gasteiger charge is 1.92. The molecule has 11 heavy (non-hydrogen) atoms. The van der Waals surface area contributed by atoms with Crippen LogP contribution < -0.4 is 0 Å². The van der Waals surface area contributed by atoms with Gasteiger partial charge < -0.3 is 5.11 Å². The van der Waals surface area contributed by atoms with Crippen LogP contribution in [0.25, 0.3) is 0 Å². The van der Waals surface area contributed by atoms with Crippen LogP contribution in [0.1, 0.15) is 12.5 Å². The molecule has 0 fully saturated rings. The Labute approximate surface area is 67.7 Å². The van der Waals surface area contributed by atoms with Crippen molar-refractivity contribution in [2.75, 3.05) is 0 Å². The molecule has 0 aliphatic carbocycles. The summed E-state index contributed by atoms with van der Waals surface area (Å²) >= 11 is 0. The lowest BCUT2D eigenvalue weighted by molar-refractivity contribution is 0.469. The molecule has 0 spiro atoms. The molecule has 1 nitrogen and oxygen atoms in total. The smallest absolute Gasteiger partial charge is 0.118 e. The first-order chi connectivity index (χ1) is 5.34. The third-order valence-electron chi connectivity index (χ3n) is 1.37. The molecule has 0 unspecified atom stereocenters. The predicted molar refractivity (Wildman–Crippen MR) is 47.4 cm³/mol. The largest absolute Gasteiger partial charge is 0.508 e. The summed E-state index contributed by atoms with van der Waals surface area (Å²) in [7, 11) is 0. The van der Waals surface area contributed by atoms with Gasteiger partial charge in [-0.25, -0.2) is 0 Å². The normalized spacial score (nSPS) is 7.91. The molecule has 1 N–H and O–H groups in total. The van der Waals surface area contributed by atoms with Crippen molar-refractivity contribution in [1.29, 1.82) is 0 Å². The summed E-state index contributed by atoms with van der Waals surface area (Å²) in [6.45, 7) is 2.02. The van der Waals surface area contributed by atoms with Crippen LogP contribution in [0.2, 0.25) is 0 Å². The molecule has 0 aromatic heterocycles. The number of benzene rings is 1. The lowest BCUT2D eigenvalue weighted by atomic mass is 10.1. The van der Waals surface area contributed by atoms with Gasteiger partial charge in [0.1, 0.15) is 5.75 Å². The van der Waals surface area contributed by atoms with Gasteiger partial charge in [-0.3, -0.25) is 0 Å². The number of phenolic OH excluding ortho intramolecular Hbond substituents is 1. The third-order valence-corrected chi connectivity index (χ3v) is 1.37. The molecule has 0 saturated heterocycles. The van der Waals surface area contributed by atoms with E-state index in [0.717, 1.165) is 12.0 Å². The van der Waals surface area contributed by atoms with Gasteiger partial charge in [0.05, 0.1) is 0 Å². The third kappa shape index (κ3) is 2.77. The highest BCUT2D eigenvalue weighted by atomic mass is 16.3. The van der Waals surface area contributed by atoms with Crippen molar-refractivity contribution in [1.82, 2.24) is 0 Å². The van der Waals surface area contributed by atoms with E-state index in [4.69, 9.17) is 5.11 Å². The van der Waals surface area contributed by atoms with Crippen LogP contribution in [0.5, 0.6) is 5.75 Å². The highest BCUT2D eigenvalue weighted by Crippen LogP contribution is 2.14. The second-order valence-electron chi connectivity index (χ2n) is 1.98. The fourth-order valence-electron chi connectivity index (χ4n) is 0.810. The van der Waals surface area contributed by atoms with E-state index < -0.39 is 0 Å². The zero-order chi connectivity index (χ0) is 8.69. The number of phenols is 1. The van der Waals surface area contributed by atoms with E-state index in [9.17, 15) is 0 Å². The van der Waals surface area contributed by atoms with Crippen LogP contribution in [0.15, 0.2) is 24.3 Å². The fourth-order valence-corrected chi connectivity index (χ4v) is 0.810. The Morgan fingerprint density at radius 2 is 1.82 bits per heavy atom. The molecule has 0 aliphatic heterocycles. The number of hydrogen-bond donors (Lipinski definition) is 1. The predicted octanol–water partition coefficient (Wildman–Crippen LogP) is 2.20. The van der Waals surface area contributed by atoms with Gasteiger partial charge in [-0.05, 0) is 18.1 Å². The van der Waals surface area contributed by atoms with E-state index in [-0.39, 0.29) is 0 Å². The molecule has 0 heterocycles. The van der Waals surface area contributed by atoms with Gasteiger partial charge in [0.2, 0.25) is 0 Å². The molecule has 58 valence electrons. The van der Waals surface area contributed by atoms with Gasteiger partial charge in [-0.2, -0.15) is 0 Å². The second-order valence-corrected chi connectivity index (χ2v) is 1.98. The van der Waals surface area contributed by atoms with E-state index in [2.05, 4.69) is 12.8 Å². The Morgan fingerprint density at radius 3 is 2.18 bits per heavy atom. The van der Waals surface area contributed by atoms with Crippen LogP contribution in [-0.4, -0.2) is 5.11 Å². The average Bonchev–Trinajstić information content (AvgIpc) is 2.09. The Morgan fingerprint density at radius 1 is 1.27 bits per heavy atom. The molecule has 1 aromatic rings. The monoisotopic (exact) mass is 148 g/mol. The zero-order valence-corrected chi connectivity index (χ0v) is 6.62. The molecule has 0 saturated carbocycles. The molecular formula is C10H12O. The van der Waals surface area contributed by atoms with Crippen LogP contribution in [0.3, 0.4) is 0 Å². The molecular weight excluding hydrogens is 136 g/mol. The lowest BCUT2D eigenvalue weighted by Gasteiger charge is -1.97. The summed E-state index contributed by atoms with van der Waals surface area (Å²) in [5.74, 6) is 0.403. The molecule has 1 aromatic carbocycles. The second kappa shape index (κ2) is 5.37.